The SMILES string of the molecule is Cc1c(Oc2ccccc2)c(C(=O)Nc2ccccc2)c(-c2ccccn2)c(C(=O)NCc2ccccc2)c1C(=O)OC(F)(F)F. The Balaban J connectivity index is 1.82. The first kappa shape index (κ1) is 31.5. The molecule has 11 heteroatoms. The fraction of sp³-hybridized carbons (Fsp3) is 0.0857. The average Bonchev–Trinajstić information content (AvgIpc) is 3.05. The van der Waals surface area contributed by atoms with Crippen molar-refractivity contribution in [1.29, 1.82) is 0 Å². The van der Waals surface area contributed by atoms with E-state index in [2.05, 4.69) is 20.4 Å². The van der Waals surface area contributed by atoms with Crippen LogP contribution in [-0.2, 0) is 11.3 Å². The molecule has 5 rings (SSSR count). The minimum Gasteiger partial charge on any atom is -0.456 e. The van der Waals surface area contributed by atoms with E-state index in [9.17, 15) is 27.6 Å². The molecule has 0 saturated carbocycles. The number of pyridine rings is 1. The molecule has 232 valence electrons. The number of nitrogens with one attached hydrogen (secondary N) is 2. The predicted octanol–water partition coefficient (Wildman–Crippen LogP) is 7.71. The molecule has 0 bridgehead atoms. The summed E-state index contributed by atoms with van der Waals surface area (Å²) in [4.78, 5) is 45.9. The lowest BCUT2D eigenvalue weighted by Crippen LogP contribution is -2.30. The van der Waals surface area contributed by atoms with Crippen molar-refractivity contribution in [3.8, 4) is 22.8 Å². The van der Waals surface area contributed by atoms with E-state index in [1.807, 2.05) is 0 Å². The van der Waals surface area contributed by atoms with Gasteiger partial charge in [-0.2, -0.15) is 0 Å². The van der Waals surface area contributed by atoms with Gasteiger partial charge in [0.15, 0.2) is 0 Å². The number of ether oxygens (including phenoxy) is 2. The Morgan fingerprint density at radius 2 is 1.35 bits per heavy atom. The number of para-hydroxylation sites is 2. The van der Waals surface area contributed by atoms with Crippen molar-refractivity contribution < 1.29 is 37.0 Å². The molecule has 0 aliphatic carbocycles. The lowest BCUT2D eigenvalue weighted by atomic mass is 9.87. The first-order chi connectivity index (χ1) is 22.1. The summed E-state index contributed by atoms with van der Waals surface area (Å²) in [6.07, 6.45) is -4.00. The number of halogens is 3. The molecule has 0 atom stereocenters. The number of alkyl halides is 3. The van der Waals surface area contributed by atoms with Gasteiger partial charge >= 0.3 is 12.3 Å². The van der Waals surface area contributed by atoms with Crippen LogP contribution >= 0.6 is 0 Å². The molecule has 0 spiro atoms. The maximum Gasteiger partial charge on any atom is 0.575 e. The lowest BCUT2D eigenvalue weighted by molar-refractivity contribution is -0.291. The lowest BCUT2D eigenvalue weighted by Gasteiger charge is -2.24. The predicted molar refractivity (Wildman–Crippen MR) is 164 cm³/mol. The Morgan fingerprint density at radius 1 is 0.739 bits per heavy atom. The number of benzene rings is 4. The van der Waals surface area contributed by atoms with Crippen LogP contribution in [-0.4, -0.2) is 29.1 Å². The van der Waals surface area contributed by atoms with E-state index in [0.29, 0.717) is 11.3 Å². The van der Waals surface area contributed by atoms with Crippen molar-refractivity contribution in [2.24, 2.45) is 0 Å². The van der Waals surface area contributed by atoms with Gasteiger partial charge in [0, 0.05) is 29.6 Å². The van der Waals surface area contributed by atoms with Gasteiger partial charge in [0.25, 0.3) is 11.8 Å². The zero-order valence-corrected chi connectivity index (χ0v) is 24.3. The molecule has 0 saturated heterocycles. The van der Waals surface area contributed by atoms with Crippen molar-refractivity contribution in [2.75, 3.05) is 5.32 Å². The highest BCUT2D eigenvalue weighted by Crippen LogP contribution is 2.42. The van der Waals surface area contributed by atoms with Crippen LogP contribution in [0.2, 0.25) is 0 Å². The molecule has 8 nitrogen and oxygen atoms in total. The summed E-state index contributed by atoms with van der Waals surface area (Å²) in [6, 6.07) is 29.9. The van der Waals surface area contributed by atoms with Gasteiger partial charge in [0.2, 0.25) is 0 Å². The van der Waals surface area contributed by atoms with E-state index in [4.69, 9.17) is 4.74 Å². The minimum absolute atomic E-state index is 0.0181. The molecular weight excluding hydrogens is 599 g/mol. The number of hydrogen-bond acceptors (Lipinski definition) is 6. The van der Waals surface area contributed by atoms with E-state index in [1.54, 1.807) is 103 Å². The highest BCUT2D eigenvalue weighted by atomic mass is 19.4. The number of carbonyl (C=O) groups is 3. The Labute approximate surface area is 261 Å². The first-order valence-electron chi connectivity index (χ1n) is 14.0. The summed E-state index contributed by atoms with van der Waals surface area (Å²) in [5.74, 6) is -3.63. The third-order valence-electron chi connectivity index (χ3n) is 6.77. The number of anilines is 1. The third kappa shape index (κ3) is 7.39. The maximum atomic E-state index is 14.2. The molecule has 0 unspecified atom stereocenters. The fourth-order valence-corrected chi connectivity index (χ4v) is 4.79. The Kier molecular flexibility index (Phi) is 9.41. The number of esters is 1. The maximum absolute atomic E-state index is 14.2. The monoisotopic (exact) mass is 625 g/mol. The zero-order chi connectivity index (χ0) is 32.7. The molecule has 5 aromatic rings. The molecular formula is C35H26F3N3O5. The van der Waals surface area contributed by atoms with Gasteiger partial charge in [-0.1, -0.05) is 72.8 Å². The number of rotatable bonds is 9. The smallest absolute Gasteiger partial charge is 0.456 e. The standard InChI is InChI=1S/C35H26F3N3O5/c1-22-27(34(44)46-35(36,37)38)29(32(42)40-21-23-13-5-2-6-14-23)28(26-19-11-12-20-39-26)30(31(22)45-25-17-9-4-10-18-25)33(43)41-24-15-7-3-8-16-24/h2-20H,21H2,1H3,(H,40,42)(H,41,43). The molecule has 1 aromatic heterocycles. The highest BCUT2D eigenvalue weighted by molar-refractivity contribution is 6.19. The molecule has 1 heterocycles. The number of hydrogen-bond donors (Lipinski definition) is 2. The third-order valence-corrected chi connectivity index (χ3v) is 6.77. The van der Waals surface area contributed by atoms with Crippen molar-refractivity contribution >= 4 is 23.5 Å². The van der Waals surface area contributed by atoms with E-state index in [0.717, 1.165) is 0 Å². The summed E-state index contributed by atoms with van der Waals surface area (Å²) in [6.45, 7) is 1.24. The van der Waals surface area contributed by atoms with Crippen LogP contribution in [0.15, 0.2) is 115 Å². The van der Waals surface area contributed by atoms with E-state index in [-0.39, 0.29) is 40.4 Å². The van der Waals surface area contributed by atoms with Crippen LogP contribution in [0.3, 0.4) is 0 Å². The van der Waals surface area contributed by atoms with Crippen molar-refractivity contribution in [3.63, 3.8) is 0 Å². The summed E-state index contributed by atoms with van der Waals surface area (Å²) in [7, 11) is 0. The van der Waals surface area contributed by atoms with Gasteiger partial charge in [-0.3, -0.25) is 14.6 Å². The Hall–Kier alpha value is -5.97. The second kappa shape index (κ2) is 13.8. The quantitative estimate of drug-likeness (QED) is 0.163. The first-order valence-corrected chi connectivity index (χ1v) is 14.0. The molecule has 2 amide bonds. The van der Waals surface area contributed by atoms with Gasteiger partial charge in [0.05, 0.1) is 22.4 Å². The summed E-state index contributed by atoms with van der Waals surface area (Å²) < 4.78 is 50.5. The van der Waals surface area contributed by atoms with Crippen LogP contribution in [0.5, 0.6) is 11.5 Å². The topological polar surface area (TPSA) is 107 Å². The molecule has 0 aliphatic rings. The fourth-order valence-electron chi connectivity index (χ4n) is 4.79. The molecule has 46 heavy (non-hydrogen) atoms. The van der Waals surface area contributed by atoms with Crippen molar-refractivity contribution in [1.82, 2.24) is 10.3 Å². The van der Waals surface area contributed by atoms with Crippen molar-refractivity contribution in [2.45, 2.75) is 19.8 Å². The molecule has 0 fully saturated rings. The van der Waals surface area contributed by atoms with Crippen molar-refractivity contribution in [3.05, 3.63) is 143 Å². The molecule has 0 aliphatic heterocycles. The second-order valence-corrected chi connectivity index (χ2v) is 9.91. The van der Waals surface area contributed by atoms with Gasteiger partial charge in [-0.15, -0.1) is 13.2 Å². The van der Waals surface area contributed by atoms with E-state index >= 15 is 0 Å². The van der Waals surface area contributed by atoms with Gasteiger partial charge in [-0.05, 0) is 48.9 Å². The number of carbonyl (C=O) groups excluding carboxylic acids is 3. The average molecular weight is 626 g/mol. The summed E-state index contributed by atoms with van der Waals surface area (Å²) >= 11 is 0. The molecule has 2 N–H and O–H groups in total. The van der Waals surface area contributed by atoms with E-state index in [1.165, 1.54) is 19.2 Å². The minimum atomic E-state index is -5.38. The van der Waals surface area contributed by atoms with Gasteiger partial charge < -0.3 is 20.1 Å². The van der Waals surface area contributed by atoms with Crippen LogP contribution in [0.1, 0.15) is 42.2 Å². The van der Waals surface area contributed by atoms with Crippen LogP contribution < -0.4 is 15.4 Å². The Morgan fingerprint density at radius 3 is 1.96 bits per heavy atom. The van der Waals surface area contributed by atoms with E-state index < -0.39 is 35.3 Å². The Bertz CT molecular complexity index is 1850. The zero-order valence-electron chi connectivity index (χ0n) is 24.3. The van der Waals surface area contributed by atoms with Crippen LogP contribution in [0, 0.1) is 6.92 Å². The molecule has 4 aromatic carbocycles. The number of aromatic nitrogens is 1. The van der Waals surface area contributed by atoms with Gasteiger partial charge in [0.1, 0.15) is 11.5 Å². The largest absolute Gasteiger partial charge is 0.575 e. The van der Waals surface area contributed by atoms with Crippen LogP contribution in [0.25, 0.3) is 11.3 Å². The number of amides is 2. The highest BCUT2D eigenvalue weighted by Gasteiger charge is 2.40. The molecule has 0 radical (unpaired) electrons. The summed E-state index contributed by atoms with van der Waals surface area (Å²) in [5.41, 5.74) is -0.908. The van der Waals surface area contributed by atoms with Gasteiger partial charge in [-0.25, -0.2) is 4.79 Å². The summed E-state index contributed by atoms with van der Waals surface area (Å²) in [5, 5.41) is 5.43. The number of nitrogens with zero attached hydrogens (tertiary/aromatic N) is 1. The normalized spacial score (nSPS) is 11.0. The van der Waals surface area contributed by atoms with Crippen LogP contribution in [0.4, 0.5) is 18.9 Å². The second-order valence-electron chi connectivity index (χ2n) is 9.91.